The summed E-state index contributed by atoms with van der Waals surface area (Å²) in [6.07, 6.45) is 2.98. The van der Waals surface area contributed by atoms with E-state index in [0.717, 1.165) is 13.0 Å². The van der Waals surface area contributed by atoms with Crippen LogP contribution < -0.4 is 32.3 Å². The maximum absolute atomic E-state index is 13.1. The van der Waals surface area contributed by atoms with Gasteiger partial charge in [-0.15, -0.1) is 0 Å². The average Bonchev–Trinajstić information content (AvgIpc) is 3.64. The molecule has 0 saturated carbocycles. The molecule has 2 aliphatic heterocycles. The molecule has 2 aliphatic rings. The van der Waals surface area contributed by atoms with Crippen molar-refractivity contribution in [2.75, 3.05) is 32.7 Å². The lowest BCUT2D eigenvalue weighted by molar-refractivity contribution is -0.143. The van der Waals surface area contributed by atoms with Crippen LogP contribution in [0.1, 0.15) is 57.8 Å². The first-order valence-corrected chi connectivity index (χ1v) is 13.9. The van der Waals surface area contributed by atoms with Crippen molar-refractivity contribution < 1.29 is 43.8 Å². The number of nitrogens with one attached hydrogen (secondary N) is 5. The summed E-state index contributed by atoms with van der Waals surface area (Å²) < 4.78 is 0. The summed E-state index contributed by atoms with van der Waals surface area (Å²) >= 11 is 0. The fourth-order valence-corrected chi connectivity index (χ4v) is 4.72. The summed E-state index contributed by atoms with van der Waals surface area (Å²) in [6.45, 7) is 0.583. The van der Waals surface area contributed by atoms with Gasteiger partial charge in [0, 0.05) is 13.0 Å². The molecule has 0 aliphatic carbocycles. The van der Waals surface area contributed by atoms with Gasteiger partial charge >= 0.3 is 11.9 Å². The molecule has 230 valence electrons. The SMILES string of the molecule is NCCCCC(NC(=O)C1CCCN1C(=O)CNC(=O)C1CCCN1)C(=O)NCC(=O)NC(CCC(=O)O)C(=O)O. The molecule has 2 fully saturated rings. The summed E-state index contributed by atoms with van der Waals surface area (Å²) in [6, 6.07) is -3.66. The number of nitrogens with two attached hydrogens (primary N) is 1. The fourth-order valence-electron chi connectivity index (χ4n) is 4.72. The smallest absolute Gasteiger partial charge is 0.326 e. The van der Waals surface area contributed by atoms with Gasteiger partial charge in [0.1, 0.15) is 18.1 Å². The molecule has 4 atom stereocenters. The minimum absolute atomic E-state index is 0.206. The number of amides is 5. The highest BCUT2D eigenvalue weighted by molar-refractivity contribution is 5.95. The summed E-state index contributed by atoms with van der Waals surface area (Å²) in [5, 5.41) is 30.8. The summed E-state index contributed by atoms with van der Waals surface area (Å²) in [7, 11) is 0. The van der Waals surface area contributed by atoms with E-state index in [1.165, 1.54) is 4.90 Å². The highest BCUT2D eigenvalue weighted by atomic mass is 16.4. The van der Waals surface area contributed by atoms with E-state index in [1.807, 2.05) is 0 Å². The third kappa shape index (κ3) is 11.3. The van der Waals surface area contributed by atoms with Crippen LogP contribution in [0.3, 0.4) is 0 Å². The molecule has 0 aromatic carbocycles. The standard InChI is InChI=1S/C25H41N7O9/c26-10-2-1-5-16(23(38)28-13-19(33)30-17(25(40)41)8-9-21(35)36)31-24(39)18-7-4-12-32(18)20(34)14-29-22(37)15-6-3-11-27-15/h15-18,27H,1-14,26H2,(H,28,38)(H,29,37)(H,30,33)(H,31,39)(H,35,36)(H,40,41). The lowest BCUT2D eigenvalue weighted by Gasteiger charge is -2.27. The Morgan fingerprint density at radius 2 is 1.63 bits per heavy atom. The van der Waals surface area contributed by atoms with Gasteiger partial charge in [0.2, 0.25) is 29.5 Å². The summed E-state index contributed by atoms with van der Waals surface area (Å²) in [5.41, 5.74) is 5.54. The number of rotatable bonds is 17. The van der Waals surface area contributed by atoms with Crippen LogP contribution in [-0.2, 0) is 33.6 Å². The van der Waals surface area contributed by atoms with Gasteiger partial charge in [0.25, 0.3) is 0 Å². The lowest BCUT2D eigenvalue weighted by atomic mass is 10.1. The normalized spacial score (nSPS) is 19.6. The third-order valence-corrected chi connectivity index (χ3v) is 6.95. The molecule has 2 rings (SSSR count). The summed E-state index contributed by atoms with van der Waals surface area (Å²) in [5.74, 6) is -5.39. The van der Waals surface area contributed by atoms with E-state index in [2.05, 4.69) is 26.6 Å². The Balaban J connectivity index is 1.93. The molecule has 41 heavy (non-hydrogen) atoms. The number of carbonyl (C=O) groups is 7. The topological polar surface area (TPSA) is 249 Å². The van der Waals surface area contributed by atoms with Gasteiger partial charge in [-0.1, -0.05) is 0 Å². The van der Waals surface area contributed by atoms with Crippen molar-refractivity contribution in [3.05, 3.63) is 0 Å². The minimum atomic E-state index is -1.44. The van der Waals surface area contributed by atoms with Crippen molar-refractivity contribution in [1.29, 1.82) is 0 Å². The van der Waals surface area contributed by atoms with Gasteiger partial charge in [0.05, 0.1) is 19.1 Å². The monoisotopic (exact) mass is 583 g/mol. The van der Waals surface area contributed by atoms with Crippen LogP contribution in [0.15, 0.2) is 0 Å². The van der Waals surface area contributed by atoms with E-state index in [4.69, 9.17) is 10.8 Å². The first-order chi connectivity index (χ1) is 19.5. The van der Waals surface area contributed by atoms with Crippen LogP contribution in [0.4, 0.5) is 0 Å². The van der Waals surface area contributed by atoms with Gasteiger partial charge < -0.3 is 47.4 Å². The van der Waals surface area contributed by atoms with Crippen LogP contribution in [0.2, 0.25) is 0 Å². The number of carboxylic acids is 2. The second kappa shape index (κ2) is 17.1. The van der Waals surface area contributed by atoms with Crippen molar-refractivity contribution >= 4 is 41.5 Å². The molecule has 0 radical (unpaired) electrons. The molecule has 16 heteroatoms. The highest BCUT2D eigenvalue weighted by Gasteiger charge is 2.36. The second-order valence-corrected chi connectivity index (χ2v) is 10.1. The minimum Gasteiger partial charge on any atom is -0.481 e. The Bertz CT molecular complexity index is 971. The van der Waals surface area contributed by atoms with Gasteiger partial charge in [-0.2, -0.15) is 0 Å². The van der Waals surface area contributed by atoms with E-state index in [1.54, 1.807) is 0 Å². The van der Waals surface area contributed by atoms with Crippen molar-refractivity contribution in [3.8, 4) is 0 Å². The maximum atomic E-state index is 13.1. The zero-order valence-corrected chi connectivity index (χ0v) is 23.0. The largest absolute Gasteiger partial charge is 0.481 e. The van der Waals surface area contributed by atoms with Gasteiger partial charge in [-0.05, 0) is 64.5 Å². The van der Waals surface area contributed by atoms with Crippen LogP contribution in [-0.4, -0.2) is 113 Å². The zero-order chi connectivity index (χ0) is 30.4. The number of hydrogen-bond donors (Lipinski definition) is 8. The Labute approximate surface area is 237 Å². The number of aliphatic carboxylic acids is 2. The van der Waals surface area contributed by atoms with Crippen LogP contribution >= 0.6 is 0 Å². The van der Waals surface area contributed by atoms with Gasteiger partial charge in [-0.3, -0.25) is 28.8 Å². The molecule has 5 amide bonds. The molecule has 0 bridgehead atoms. The fraction of sp³-hybridized carbons (Fsp3) is 0.720. The third-order valence-electron chi connectivity index (χ3n) is 6.95. The molecular formula is C25H41N7O9. The Morgan fingerprint density at radius 3 is 2.27 bits per heavy atom. The number of nitrogens with zero attached hydrogens (tertiary/aromatic N) is 1. The number of carboxylic acid groups (broad SMARTS) is 2. The highest BCUT2D eigenvalue weighted by Crippen LogP contribution is 2.18. The zero-order valence-electron chi connectivity index (χ0n) is 23.0. The quantitative estimate of drug-likeness (QED) is 0.0802. The molecule has 16 nitrogen and oxygen atoms in total. The Kier molecular flexibility index (Phi) is 14.0. The van der Waals surface area contributed by atoms with E-state index in [0.29, 0.717) is 45.2 Å². The molecule has 0 aromatic heterocycles. The predicted octanol–water partition coefficient (Wildman–Crippen LogP) is -2.99. The van der Waals surface area contributed by atoms with Crippen LogP contribution in [0, 0.1) is 0 Å². The number of hydrogen-bond acceptors (Lipinski definition) is 9. The second-order valence-electron chi connectivity index (χ2n) is 10.1. The van der Waals surface area contributed by atoms with Crippen LogP contribution in [0.5, 0.6) is 0 Å². The maximum Gasteiger partial charge on any atom is 0.326 e. The summed E-state index contributed by atoms with van der Waals surface area (Å²) in [4.78, 5) is 86.7. The number of carbonyl (C=O) groups excluding carboxylic acids is 5. The first-order valence-electron chi connectivity index (χ1n) is 13.9. The average molecular weight is 584 g/mol. The number of unbranched alkanes of at least 4 members (excludes halogenated alkanes) is 1. The molecule has 0 spiro atoms. The van der Waals surface area contributed by atoms with E-state index in [9.17, 15) is 38.7 Å². The van der Waals surface area contributed by atoms with Crippen molar-refractivity contribution in [3.63, 3.8) is 0 Å². The van der Waals surface area contributed by atoms with E-state index < -0.39 is 66.7 Å². The Morgan fingerprint density at radius 1 is 0.878 bits per heavy atom. The van der Waals surface area contributed by atoms with Crippen molar-refractivity contribution in [2.45, 2.75) is 82.0 Å². The molecule has 0 aromatic rings. The molecule has 2 heterocycles. The lowest BCUT2D eigenvalue weighted by Crippen LogP contribution is -2.55. The van der Waals surface area contributed by atoms with Gasteiger partial charge in [0.15, 0.2) is 0 Å². The molecular weight excluding hydrogens is 542 g/mol. The molecule has 9 N–H and O–H groups in total. The predicted molar refractivity (Wildman–Crippen MR) is 143 cm³/mol. The molecule has 2 saturated heterocycles. The molecule has 4 unspecified atom stereocenters. The Hall–Kier alpha value is -3.79. The van der Waals surface area contributed by atoms with E-state index >= 15 is 0 Å². The first kappa shape index (κ1) is 33.4. The van der Waals surface area contributed by atoms with Crippen molar-refractivity contribution in [2.24, 2.45) is 5.73 Å². The van der Waals surface area contributed by atoms with Crippen molar-refractivity contribution in [1.82, 2.24) is 31.5 Å². The van der Waals surface area contributed by atoms with Crippen LogP contribution in [0.25, 0.3) is 0 Å². The van der Waals surface area contributed by atoms with Gasteiger partial charge in [-0.25, -0.2) is 4.79 Å². The number of likely N-dealkylation sites (tertiary alicyclic amines) is 1. The van der Waals surface area contributed by atoms with E-state index in [-0.39, 0.29) is 31.3 Å².